The molecule has 1 aromatic carbocycles. The molecule has 3 rings (SSSR count). The second-order valence-electron chi connectivity index (χ2n) is 3.60. The van der Waals surface area contributed by atoms with Gasteiger partial charge in [-0.25, -0.2) is 0 Å². The van der Waals surface area contributed by atoms with Gasteiger partial charge < -0.3 is 4.98 Å². The number of aromatic nitrogens is 4. The van der Waals surface area contributed by atoms with E-state index in [0.717, 1.165) is 22.4 Å². The molecule has 2 heterocycles. The fourth-order valence-corrected chi connectivity index (χ4v) is 2.83. The van der Waals surface area contributed by atoms with Gasteiger partial charge in [0.25, 0.3) is 0 Å². The van der Waals surface area contributed by atoms with Crippen LogP contribution in [0.15, 0.2) is 18.3 Å². The van der Waals surface area contributed by atoms with Gasteiger partial charge in [-0.15, -0.1) is 0 Å². The van der Waals surface area contributed by atoms with Crippen LogP contribution in [0.4, 0.5) is 0 Å². The van der Waals surface area contributed by atoms with Crippen molar-refractivity contribution in [2.24, 2.45) is 0 Å². The Kier molecular flexibility index (Phi) is 2.50. The number of hydrogen-bond donors (Lipinski definition) is 1. The van der Waals surface area contributed by atoms with Crippen molar-refractivity contribution in [2.75, 3.05) is 0 Å². The average Bonchev–Trinajstić information content (AvgIpc) is 2.88. The van der Waals surface area contributed by atoms with Crippen LogP contribution in [0, 0.1) is 11.7 Å². The van der Waals surface area contributed by atoms with E-state index >= 15 is 0 Å². The topological polar surface area (TPSA) is 46.5 Å². The fraction of sp³-hybridized carbons (Fsp3) is 0.100. The number of rotatable bonds is 1. The summed E-state index contributed by atoms with van der Waals surface area (Å²) in [7, 11) is 0. The van der Waals surface area contributed by atoms with Crippen molar-refractivity contribution in [1.29, 1.82) is 0 Å². The van der Waals surface area contributed by atoms with Crippen molar-refractivity contribution >= 4 is 46.6 Å². The highest BCUT2D eigenvalue weighted by atomic mass is 35.5. The molecule has 3 aromatic rings. The monoisotopic (exact) mass is 282 g/mol. The van der Waals surface area contributed by atoms with Crippen LogP contribution in [-0.4, -0.2) is 18.3 Å². The summed E-state index contributed by atoms with van der Waals surface area (Å²) in [6, 6.07) is 3.67. The number of imidazole rings is 1. The minimum atomic E-state index is 0.602. The van der Waals surface area contributed by atoms with Crippen LogP contribution >= 0.6 is 35.5 Å². The lowest BCUT2D eigenvalue weighted by molar-refractivity contribution is 0.992. The van der Waals surface area contributed by atoms with Gasteiger partial charge in [-0.1, -0.05) is 11.6 Å². The molecule has 0 unspecified atom stereocenters. The van der Waals surface area contributed by atoms with Crippen LogP contribution in [-0.2, 0) is 0 Å². The molecule has 17 heavy (non-hydrogen) atoms. The van der Waals surface area contributed by atoms with Gasteiger partial charge in [0, 0.05) is 11.9 Å². The van der Waals surface area contributed by atoms with Crippen LogP contribution in [0.25, 0.3) is 16.7 Å². The molecule has 0 saturated carbocycles. The fourth-order valence-electron chi connectivity index (χ4n) is 1.76. The van der Waals surface area contributed by atoms with Gasteiger partial charge in [-0.2, -0.15) is 8.75 Å². The summed E-state index contributed by atoms with van der Waals surface area (Å²) >= 11 is 12.7. The van der Waals surface area contributed by atoms with Crippen molar-refractivity contribution in [3.63, 3.8) is 0 Å². The van der Waals surface area contributed by atoms with Crippen LogP contribution in [0.1, 0.15) is 5.69 Å². The predicted octanol–water partition coefficient (Wildman–Crippen LogP) is 3.50. The maximum absolute atomic E-state index is 6.25. The molecule has 0 bridgehead atoms. The zero-order valence-electron chi connectivity index (χ0n) is 8.77. The molecule has 0 aliphatic heterocycles. The van der Waals surface area contributed by atoms with Gasteiger partial charge in [0.1, 0.15) is 11.0 Å². The molecule has 0 spiro atoms. The molecule has 4 nitrogen and oxygen atoms in total. The Hall–Kier alpha value is -1.24. The molecule has 1 N–H and O–H groups in total. The second kappa shape index (κ2) is 3.90. The van der Waals surface area contributed by atoms with Crippen molar-refractivity contribution in [1.82, 2.24) is 18.3 Å². The van der Waals surface area contributed by atoms with E-state index in [4.69, 9.17) is 23.8 Å². The van der Waals surface area contributed by atoms with Gasteiger partial charge in [0.2, 0.25) is 0 Å². The van der Waals surface area contributed by atoms with E-state index < -0.39 is 0 Å². The zero-order chi connectivity index (χ0) is 12.0. The number of benzene rings is 1. The van der Waals surface area contributed by atoms with Crippen molar-refractivity contribution in [2.45, 2.75) is 6.92 Å². The summed E-state index contributed by atoms with van der Waals surface area (Å²) in [4.78, 5) is 2.99. The molecule has 0 aliphatic rings. The summed E-state index contributed by atoms with van der Waals surface area (Å²) in [5, 5.41) is 0.615. The minimum absolute atomic E-state index is 0.602. The first-order chi connectivity index (χ1) is 8.18. The highest BCUT2D eigenvalue weighted by molar-refractivity contribution is 7.71. The van der Waals surface area contributed by atoms with Gasteiger partial charge in [-0.3, -0.25) is 4.57 Å². The van der Waals surface area contributed by atoms with Gasteiger partial charge in [-0.05, 0) is 31.3 Å². The first kappa shape index (κ1) is 10.9. The maximum atomic E-state index is 6.25. The molecular formula is C10H7ClN4S2. The molecule has 0 amide bonds. The molecule has 2 aromatic heterocycles. The SMILES string of the molecule is Cc1c[nH]c(=S)n1-c1c(Cl)ccc2nsnc12. The van der Waals surface area contributed by atoms with E-state index in [0.29, 0.717) is 9.79 Å². The number of fused-ring (bicyclic) bond motifs is 1. The molecule has 0 aliphatic carbocycles. The number of aryl methyl sites for hydroxylation is 1. The highest BCUT2D eigenvalue weighted by Crippen LogP contribution is 2.29. The molecule has 0 saturated heterocycles. The molecule has 0 radical (unpaired) electrons. The third-order valence-corrected chi connectivity index (χ3v) is 3.68. The third kappa shape index (κ3) is 1.60. The van der Waals surface area contributed by atoms with Crippen molar-refractivity contribution in [3.05, 3.63) is 33.8 Å². The molecule has 0 atom stereocenters. The van der Waals surface area contributed by atoms with E-state index in [1.165, 1.54) is 11.7 Å². The average molecular weight is 283 g/mol. The van der Waals surface area contributed by atoms with Crippen molar-refractivity contribution < 1.29 is 0 Å². The van der Waals surface area contributed by atoms with Crippen LogP contribution < -0.4 is 0 Å². The van der Waals surface area contributed by atoms with E-state index in [2.05, 4.69) is 13.7 Å². The smallest absolute Gasteiger partial charge is 0.182 e. The number of nitrogens with zero attached hydrogens (tertiary/aromatic N) is 3. The van der Waals surface area contributed by atoms with Crippen LogP contribution in [0.5, 0.6) is 0 Å². The van der Waals surface area contributed by atoms with E-state index in [1.54, 1.807) is 0 Å². The Bertz CT molecular complexity index is 755. The van der Waals surface area contributed by atoms with Gasteiger partial charge in [0.05, 0.1) is 22.4 Å². The van der Waals surface area contributed by atoms with E-state index in [1.807, 2.05) is 29.8 Å². The van der Waals surface area contributed by atoms with Crippen LogP contribution in [0.3, 0.4) is 0 Å². The summed E-state index contributed by atoms with van der Waals surface area (Å²) in [5.41, 5.74) is 3.39. The number of nitrogens with one attached hydrogen (secondary N) is 1. The Morgan fingerprint density at radius 1 is 1.41 bits per heavy atom. The van der Waals surface area contributed by atoms with E-state index in [-0.39, 0.29) is 0 Å². The lowest BCUT2D eigenvalue weighted by Crippen LogP contribution is -1.98. The Balaban J connectivity index is 2.48. The first-order valence-corrected chi connectivity index (χ1v) is 6.38. The Labute approximate surface area is 111 Å². The van der Waals surface area contributed by atoms with Gasteiger partial charge in [0.15, 0.2) is 4.77 Å². The summed E-state index contributed by atoms with van der Waals surface area (Å²) in [6.07, 6.45) is 1.84. The maximum Gasteiger partial charge on any atom is 0.182 e. The lowest BCUT2D eigenvalue weighted by Gasteiger charge is -2.07. The highest BCUT2D eigenvalue weighted by Gasteiger charge is 2.14. The third-order valence-electron chi connectivity index (χ3n) is 2.54. The Morgan fingerprint density at radius 2 is 2.24 bits per heavy atom. The van der Waals surface area contributed by atoms with Crippen molar-refractivity contribution in [3.8, 4) is 5.69 Å². The number of halogens is 1. The molecular weight excluding hydrogens is 276 g/mol. The normalized spacial score (nSPS) is 11.2. The minimum Gasteiger partial charge on any atom is -0.337 e. The molecule has 0 fully saturated rings. The van der Waals surface area contributed by atoms with E-state index in [9.17, 15) is 0 Å². The first-order valence-electron chi connectivity index (χ1n) is 4.86. The largest absolute Gasteiger partial charge is 0.337 e. The molecule has 7 heteroatoms. The lowest BCUT2D eigenvalue weighted by atomic mass is 10.2. The molecule has 86 valence electrons. The summed E-state index contributed by atoms with van der Waals surface area (Å²) in [5.74, 6) is 0. The summed E-state index contributed by atoms with van der Waals surface area (Å²) < 4.78 is 11.0. The van der Waals surface area contributed by atoms with Crippen LogP contribution in [0.2, 0.25) is 5.02 Å². The number of H-pyrrole nitrogens is 1. The van der Waals surface area contributed by atoms with Gasteiger partial charge >= 0.3 is 0 Å². The standard InChI is InChI=1S/C10H7ClN4S2/c1-5-4-12-10(16)15(5)9-6(11)2-3-7-8(9)14-17-13-7/h2-4H,1H3,(H,12,16). The number of aromatic amines is 1. The quantitative estimate of drug-likeness (QED) is 0.695. The summed E-state index contributed by atoms with van der Waals surface area (Å²) in [6.45, 7) is 1.96. The Morgan fingerprint density at radius 3 is 2.94 bits per heavy atom. The number of hydrogen-bond acceptors (Lipinski definition) is 4. The second-order valence-corrected chi connectivity index (χ2v) is 4.92. The zero-order valence-corrected chi connectivity index (χ0v) is 11.2. The predicted molar refractivity (Wildman–Crippen MR) is 71.7 cm³/mol.